The molecule has 0 saturated carbocycles. The van der Waals surface area contributed by atoms with Gasteiger partial charge in [0.25, 0.3) is 0 Å². The van der Waals surface area contributed by atoms with E-state index in [0.29, 0.717) is 6.04 Å². The molecule has 1 N–H and O–H groups in total. The molecule has 2 rings (SSSR count). The molecule has 16 heavy (non-hydrogen) atoms. The Kier molecular flexibility index (Phi) is 3.49. The van der Waals surface area contributed by atoms with Gasteiger partial charge < -0.3 is 10.2 Å². The Morgan fingerprint density at radius 2 is 2.25 bits per heavy atom. The summed E-state index contributed by atoms with van der Waals surface area (Å²) in [5.74, 6) is 0. The van der Waals surface area contributed by atoms with Crippen molar-refractivity contribution in [3.63, 3.8) is 0 Å². The number of hydrogen-bond donors (Lipinski definition) is 1. The molecule has 0 saturated heterocycles. The standard InChI is InChI=1S/C14H22N2/c1-4-16-11(2)9-13-10-12(7-8-15-3)5-6-14(13)16/h5-6,10-11,15H,4,7-9H2,1-3H3. The number of nitrogens with one attached hydrogen (secondary N) is 1. The van der Waals surface area contributed by atoms with E-state index in [1.807, 2.05) is 7.05 Å². The fourth-order valence-corrected chi connectivity index (χ4v) is 2.66. The molecule has 1 aromatic rings. The summed E-state index contributed by atoms with van der Waals surface area (Å²) < 4.78 is 0. The Labute approximate surface area is 98.7 Å². The molecule has 1 aromatic carbocycles. The summed E-state index contributed by atoms with van der Waals surface area (Å²) >= 11 is 0. The summed E-state index contributed by atoms with van der Waals surface area (Å²) in [7, 11) is 2.01. The first-order valence-electron chi connectivity index (χ1n) is 6.29. The van der Waals surface area contributed by atoms with E-state index in [4.69, 9.17) is 0 Å². The van der Waals surface area contributed by atoms with Gasteiger partial charge in [-0.15, -0.1) is 0 Å². The largest absolute Gasteiger partial charge is 0.369 e. The Morgan fingerprint density at radius 1 is 1.44 bits per heavy atom. The van der Waals surface area contributed by atoms with Gasteiger partial charge in [-0.2, -0.15) is 0 Å². The van der Waals surface area contributed by atoms with E-state index in [1.165, 1.54) is 23.2 Å². The molecule has 0 bridgehead atoms. The van der Waals surface area contributed by atoms with Gasteiger partial charge in [0.15, 0.2) is 0 Å². The predicted molar refractivity (Wildman–Crippen MR) is 70.3 cm³/mol. The molecule has 0 radical (unpaired) electrons. The van der Waals surface area contributed by atoms with Crippen molar-refractivity contribution in [3.05, 3.63) is 29.3 Å². The van der Waals surface area contributed by atoms with Gasteiger partial charge in [-0.3, -0.25) is 0 Å². The van der Waals surface area contributed by atoms with Crippen molar-refractivity contribution in [2.24, 2.45) is 0 Å². The molecule has 0 fully saturated rings. The molecule has 1 heterocycles. The number of fused-ring (bicyclic) bond motifs is 1. The lowest BCUT2D eigenvalue weighted by atomic mass is 10.1. The monoisotopic (exact) mass is 218 g/mol. The summed E-state index contributed by atoms with van der Waals surface area (Å²) in [5.41, 5.74) is 4.43. The van der Waals surface area contributed by atoms with Gasteiger partial charge in [-0.1, -0.05) is 12.1 Å². The zero-order chi connectivity index (χ0) is 11.5. The van der Waals surface area contributed by atoms with Crippen LogP contribution in [0.1, 0.15) is 25.0 Å². The second-order valence-corrected chi connectivity index (χ2v) is 4.66. The minimum atomic E-state index is 0.666. The van der Waals surface area contributed by atoms with Gasteiger partial charge in [0.2, 0.25) is 0 Å². The number of rotatable bonds is 4. The van der Waals surface area contributed by atoms with Crippen molar-refractivity contribution in [2.75, 3.05) is 25.0 Å². The normalized spacial score (nSPS) is 18.9. The van der Waals surface area contributed by atoms with Crippen LogP contribution >= 0.6 is 0 Å². The van der Waals surface area contributed by atoms with Crippen LogP contribution in [0.5, 0.6) is 0 Å². The second kappa shape index (κ2) is 4.88. The highest BCUT2D eigenvalue weighted by Crippen LogP contribution is 2.32. The lowest BCUT2D eigenvalue weighted by molar-refractivity contribution is 0.690. The van der Waals surface area contributed by atoms with Crippen LogP contribution in [0.4, 0.5) is 5.69 Å². The third-order valence-corrected chi connectivity index (χ3v) is 3.51. The average molecular weight is 218 g/mol. The van der Waals surface area contributed by atoms with Gasteiger partial charge in [-0.05, 0) is 57.5 Å². The molecule has 1 atom stereocenters. The van der Waals surface area contributed by atoms with Crippen molar-refractivity contribution < 1.29 is 0 Å². The fraction of sp³-hybridized carbons (Fsp3) is 0.571. The summed E-state index contributed by atoms with van der Waals surface area (Å²) in [5, 5.41) is 3.20. The van der Waals surface area contributed by atoms with Crippen LogP contribution in [0.15, 0.2) is 18.2 Å². The fourth-order valence-electron chi connectivity index (χ4n) is 2.66. The van der Waals surface area contributed by atoms with E-state index in [9.17, 15) is 0 Å². The first-order chi connectivity index (χ1) is 7.76. The Bertz CT molecular complexity index is 360. The summed E-state index contributed by atoms with van der Waals surface area (Å²) in [6, 6.07) is 7.63. The SMILES string of the molecule is CCN1c2ccc(CCNC)cc2CC1C. The van der Waals surface area contributed by atoms with Crippen LogP contribution < -0.4 is 10.2 Å². The molecule has 0 amide bonds. The van der Waals surface area contributed by atoms with E-state index >= 15 is 0 Å². The van der Waals surface area contributed by atoms with Gasteiger partial charge in [0.05, 0.1) is 0 Å². The Morgan fingerprint density at radius 3 is 2.94 bits per heavy atom. The van der Waals surface area contributed by atoms with E-state index in [2.05, 4.69) is 42.3 Å². The average Bonchev–Trinajstić information content (AvgIpc) is 2.60. The van der Waals surface area contributed by atoms with Gasteiger partial charge in [-0.25, -0.2) is 0 Å². The second-order valence-electron chi connectivity index (χ2n) is 4.66. The van der Waals surface area contributed by atoms with Crippen LogP contribution in [0.2, 0.25) is 0 Å². The number of likely N-dealkylation sites (N-methyl/N-ethyl adjacent to an activating group) is 2. The van der Waals surface area contributed by atoms with Crippen molar-refractivity contribution in [1.29, 1.82) is 0 Å². The van der Waals surface area contributed by atoms with E-state index in [0.717, 1.165) is 19.5 Å². The van der Waals surface area contributed by atoms with E-state index < -0.39 is 0 Å². The van der Waals surface area contributed by atoms with Crippen LogP contribution in [0.25, 0.3) is 0 Å². The van der Waals surface area contributed by atoms with Crippen molar-refractivity contribution in [3.8, 4) is 0 Å². The first-order valence-corrected chi connectivity index (χ1v) is 6.29. The highest BCUT2D eigenvalue weighted by Gasteiger charge is 2.24. The minimum Gasteiger partial charge on any atom is -0.369 e. The molecule has 1 aliphatic rings. The maximum absolute atomic E-state index is 3.20. The van der Waals surface area contributed by atoms with Crippen molar-refractivity contribution in [1.82, 2.24) is 5.32 Å². The third kappa shape index (κ3) is 2.07. The van der Waals surface area contributed by atoms with Gasteiger partial charge >= 0.3 is 0 Å². The van der Waals surface area contributed by atoms with Crippen LogP contribution in [0.3, 0.4) is 0 Å². The minimum absolute atomic E-state index is 0.666. The molecular weight excluding hydrogens is 196 g/mol. The van der Waals surface area contributed by atoms with Crippen LogP contribution in [-0.4, -0.2) is 26.2 Å². The first kappa shape index (κ1) is 11.5. The third-order valence-electron chi connectivity index (χ3n) is 3.51. The van der Waals surface area contributed by atoms with Crippen molar-refractivity contribution >= 4 is 5.69 Å². The van der Waals surface area contributed by atoms with Gasteiger partial charge in [0.1, 0.15) is 0 Å². The Hall–Kier alpha value is -1.02. The van der Waals surface area contributed by atoms with Gasteiger partial charge in [0, 0.05) is 18.3 Å². The zero-order valence-electron chi connectivity index (χ0n) is 10.6. The number of benzene rings is 1. The topological polar surface area (TPSA) is 15.3 Å². The molecular formula is C14H22N2. The molecule has 0 aliphatic carbocycles. The zero-order valence-corrected chi connectivity index (χ0v) is 10.6. The highest BCUT2D eigenvalue weighted by atomic mass is 15.2. The highest BCUT2D eigenvalue weighted by molar-refractivity contribution is 5.60. The molecule has 1 aliphatic heterocycles. The summed E-state index contributed by atoms with van der Waals surface area (Å²) in [6.45, 7) is 6.73. The summed E-state index contributed by atoms with van der Waals surface area (Å²) in [4.78, 5) is 2.50. The lowest BCUT2D eigenvalue weighted by Crippen LogP contribution is -2.28. The van der Waals surface area contributed by atoms with E-state index in [1.54, 1.807) is 0 Å². The molecule has 0 spiro atoms. The smallest absolute Gasteiger partial charge is 0.0402 e. The number of nitrogens with zero attached hydrogens (tertiary/aromatic N) is 1. The Balaban J connectivity index is 2.19. The van der Waals surface area contributed by atoms with Crippen LogP contribution in [0, 0.1) is 0 Å². The van der Waals surface area contributed by atoms with Crippen LogP contribution in [-0.2, 0) is 12.8 Å². The summed E-state index contributed by atoms with van der Waals surface area (Å²) in [6.07, 6.45) is 2.33. The molecule has 88 valence electrons. The quantitative estimate of drug-likeness (QED) is 0.833. The number of hydrogen-bond acceptors (Lipinski definition) is 2. The molecule has 2 nitrogen and oxygen atoms in total. The molecule has 1 unspecified atom stereocenters. The maximum atomic E-state index is 3.20. The maximum Gasteiger partial charge on any atom is 0.0402 e. The van der Waals surface area contributed by atoms with E-state index in [-0.39, 0.29) is 0 Å². The molecule has 2 heteroatoms. The lowest BCUT2D eigenvalue weighted by Gasteiger charge is -2.22. The number of anilines is 1. The predicted octanol–water partition coefficient (Wildman–Crippen LogP) is 2.22. The van der Waals surface area contributed by atoms with Crippen molar-refractivity contribution in [2.45, 2.75) is 32.7 Å². The molecule has 0 aromatic heterocycles.